The van der Waals surface area contributed by atoms with Gasteiger partial charge >= 0.3 is 0 Å². The number of rotatable bonds is 6. The van der Waals surface area contributed by atoms with Crippen molar-refractivity contribution < 1.29 is 9.84 Å². The molecule has 0 saturated carbocycles. The standard InChI is InChI=1S/C17H21NO2S/c1-20-13-7-5-6-12(10-13)15(11-18)17(19)14-8-3-4-9-16(14)21-2/h3-10,15,17,19H,11,18H2,1-2H3. The van der Waals surface area contributed by atoms with E-state index in [1.54, 1.807) is 18.9 Å². The molecule has 2 rings (SSSR count). The fourth-order valence-electron chi connectivity index (χ4n) is 2.45. The molecule has 0 bridgehead atoms. The Bertz CT molecular complexity index is 589. The molecular weight excluding hydrogens is 282 g/mol. The molecule has 3 N–H and O–H groups in total. The second-order valence-corrected chi connectivity index (χ2v) is 5.65. The third-order valence-electron chi connectivity index (χ3n) is 3.61. The lowest BCUT2D eigenvalue weighted by molar-refractivity contribution is 0.144. The molecule has 0 fully saturated rings. The Labute approximate surface area is 130 Å². The summed E-state index contributed by atoms with van der Waals surface area (Å²) in [5, 5.41) is 10.8. The molecule has 0 heterocycles. The second-order valence-electron chi connectivity index (χ2n) is 4.81. The van der Waals surface area contributed by atoms with E-state index in [0.29, 0.717) is 6.54 Å². The number of benzene rings is 2. The summed E-state index contributed by atoms with van der Waals surface area (Å²) in [4.78, 5) is 1.08. The Balaban J connectivity index is 2.35. The second kappa shape index (κ2) is 7.50. The zero-order chi connectivity index (χ0) is 15.2. The topological polar surface area (TPSA) is 55.5 Å². The maximum Gasteiger partial charge on any atom is 0.119 e. The van der Waals surface area contributed by atoms with Crippen LogP contribution in [0.1, 0.15) is 23.1 Å². The first-order chi connectivity index (χ1) is 10.2. The first-order valence-electron chi connectivity index (χ1n) is 6.86. The maximum absolute atomic E-state index is 10.8. The van der Waals surface area contributed by atoms with Crippen molar-refractivity contribution in [3.63, 3.8) is 0 Å². The van der Waals surface area contributed by atoms with Gasteiger partial charge in [0, 0.05) is 17.4 Å². The molecule has 21 heavy (non-hydrogen) atoms. The third kappa shape index (κ3) is 3.59. The summed E-state index contributed by atoms with van der Waals surface area (Å²) in [7, 11) is 1.63. The molecule has 2 atom stereocenters. The van der Waals surface area contributed by atoms with Gasteiger partial charge in [-0.2, -0.15) is 0 Å². The van der Waals surface area contributed by atoms with Gasteiger partial charge in [-0.25, -0.2) is 0 Å². The van der Waals surface area contributed by atoms with Crippen LogP contribution in [0.4, 0.5) is 0 Å². The summed E-state index contributed by atoms with van der Waals surface area (Å²) >= 11 is 1.63. The van der Waals surface area contributed by atoms with Gasteiger partial charge in [-0.15, -0.1) is 11.8 Å². The predicted molar refractivity (Wildman–Crippen MR) is 88.0 cm³/mol. The zero-order valence-electron chi connectivity index (χ0n) is 12.3. The van der Waals surface area contributed by atoms with Gasteiger partial charge < -0.3 is 15.6 Å². The van der Waals surface area contributed by atoms with Crippen LogP contribution in [0.3, 0.4) is 0 Å². The Morgan fingerprint density at radius 1 is 1.19 bits per heavy atom. The molecule has 4 heteroatoms. The lowest BCUT2D eigenvalue weighted by atomic mass is 9.89. The quantitative estimate of drug-likeness (QED) is 0.805. The van der Waals surface area contributed by atoms with E-state index in [1.165, 1.54) is 0 Å². The lowest BCUT2D eigenvalue weighted by Crippen LogP contribution is -2.20. The van der Waals surface area contributed by atoms with Crippen LogP contribution in [-0.4, -0.2) is 25.0 Å². The molecule has 0 aliphatic rings. The number of hydrogen-bond donors (Lipinski definition) is 2. The minimum Gasteiger partial charge on any atom is -0.497 e. The fourth-order valence-corrected chi connectivity index (χ4v) is 3.09. The fraction of sp³-hybridized carbons (Fsp3) is 0.294. The summed E-state index contributed by atoms with van der Waals surface area (Å²) in [6.07, 6.45) is 1.37. The van der Waals surface area contributed by atoms with Crippen molar-refractivity contribution in [1.29, 1.82) is 0 Å². The smallest absolute Gasteiger partial charge is 0.119 e. The largest absolute Gasteiger partial charge is 0.497 e. The molecule has 2 unspecified atom stereocenters. The highest BCUT2D eigenvalue weighted by Crippen LogP contribution is 2.35. The molecule has 0 aliphatic carbocycles. The SMILES string of the molecule is COc1cccc(C(CN)C(O)c2ccccc2SC)c1. The number of aliphatic hydroxyl groups excluding tert-OH is 1. The average Bonchev–Trinajstić information content (AvgIpc) is 2.55. The average molecular weight is 303 g/mol. The van der Waals surface area contributed by atoms with E-state index in [2.05, 4.69) is 0 Å². The Kier molecular flexibility index (Phi) is 5.67. The minimum atomic E-state index is -0.634. The van der Waals surface area contributed by atoms with Gasteiger partial charge in [0.1, 0.15) is 5.75 Å². The summed E-state index contributed by atoms with van der Waals surface area (Å²) in [5.74, 6) is 0.615. The molecular formula is C17H21NO2S. The van der Waals surface area contributed by atoms with Gasteiger partial charge in [0.15, 0.2) is 0 Å². The Hall–Kier alpha value is -1.49. The van der Waals surface area contributed by atoms with Crippen molar-refractivity contribution in [3.8, 4) is 5.75 Å². The lowest BCUT2D eigenvalue weighted by Gasteiger charge is -2.24. The van der Waals surface area contributed by atoms with Crippen molar-refractivity contribution in [2.75, 3.05) is 19.9 Å². The molecule has 0 spiro atoms. The molecule has 0 radical (unpaired) electrons. The summed E-state index contributed by atoms with van der Waals surface area (Å²) in [6.45, 7) is 0.372. The van der Waals surface area contributed by atoms with Gasteiger partial charge in [-0.05, 0) is 35.6 Å². The van der Waals surface area contributed by atoms with E-state index >= 15 is 0 Å². The van der Waals surface area contributed by atoms with E-state index in [9.17, 15) is 5.11 Å². The number of aliphatic hydroxyl groups is 1. The Morgan fingerprint density at radius 2 is 1.95 bits per heavy atom. The van der Waals surface area contributed by atoms with Crippen molar-refractivity contribution in [2.24, 2.45) is 5.73 Å². The summed E-state index contributed by atoms with van der Waals surface area (Å²) in [6, 6.07) is 15.6. The van der Waals surface area contributed by atoms with Gasteiger partial charge in [-0.3, -0.25) is 0 Å². The van der Waals surface area contributed by atoms with E-state index in [1.807, 2.05) is 54.8 Å². The van der Waals surface area contributed by atoms with Crippen molar-refractivity contribution in [2.45, 2.75) is 16.9 Å². The van der Waals surface area contributed by atoms with Gasteiger partial charge in [0.05, 0.1) is 13.2 Å². The van der Waals surface area contributed by atoms with Crippen molar-refractivity contribution in [1.82, 2.24) is 0 Å². The number of methoxy groups -OCH3 is 1. The van der Waals surface area contributed by atoms with E-state index in [0.717, 1.165) is 21.8 Å². The molecule has 0 amide bonds. The number of thioether (sulfide) groups is 1. The van der Waals surface area contributed by atoms with Gasteiger partial charge in [0.25, 0.3) is 0 Å². The van der Waals surface area contributed by atoms with Crippen LogP contribution in [0.5, 0.6) is 5.75 Å². The summed E-state index contributed by atoms with van der Waals surface area (Å²) in [5.41, 5.74) is 7.82. The zero-order valence-corrected chi connectivity index (χ0v) is 13.1. The number of ether oxygens (including phenoxy) is 1. The van der Waals surface area contributed by atoms with Crippen LogP contribution in [0.25, 0.3) is 0 Å². The van der Waals surface area contributed by atoms with Crippen LogP contribution >= 0.6 is 11.8 Å². The van der Waals surface area contributed by atoms with Crippen molar-refractivity contribution >= 4 is 11.8 Å². The minimum absolute atomic E-state index is 0.159. The molecule has 112 valence electrons. The van der Waals surface area contributed by atoms with Gasteiger partial charge in [-0.1, -0.05) is 30.3 Å². The highest BCUT2D eigenvalue weighted by atomic mass is 32.2. The first kappa shape index (κ1) is 15.9. The van der Waals surface area contributed by atoms with Crippen LogP contribution in [0, 0.1) is 0 Å². The van der Waals surface area contributed by atoms with E-state index in [4.69, 9.17) is 10.5 Å². The molecule has 3 nitrogen and oxygen atoms in total. The number of nitrogens with two attached hydrogens (primary N) is 1. The first-order valence-corrected chi connectivity index (χ1v) is 8.08. The molecule has 2 aromatic rings. The molecule has 0 saturated heterocycles. The molecule has 2 aromatic carbocycles. The monoisotopic (exact) mass is 303 g/mol. The maximum atomic E-state index is 10.8. The Morgan fingerprint density at radius 3 is 2.62 bits per heavy atom. The highest BCUT2D eigenvalue weighted by Gasteiger charge is 2.23. The number of hydrogen-bond acceptors (Lipinski definition) is 4. The third-order valence-corrected chi connectivity index (χ3v) is 4.43. The van der Waals surface area contributed by atoms with Crippen LogP contribution < -0.4 is 10.5 Å². The van der Waals surface area contributed by atoms with Crippen molar-refractivity contribution in [3.05, 3.63) is 59.7 Å². The molecule has 0 aliphatic heterocycles. The summed E-state index contributed by atoms with van der Waals surface area (Å²) < 4.78 is 5.25. The van der Waals surface area contributed by atoms with Gasteiger partial charge in [0.2, 0.25) is 0 Å². The highest BCUT2D eigenvalue weighted by molar-refractivity contribution is 7.98. The van der Waals surface area contributed by atoms with Crippen LogP contribution in [-0.2, 0) is 0 Å². The van der Waals surface area contributed by atoms with Crippen LogP contribution in [0.2, 0.25) is 0 Å². The predicted octanol–water partition coefficient (Wildman–Crippen LogP) is 3.19. The molecule has 0 aromatic heterocycles. The van der Waals surface area contributed by atoms with E-state index in [-0.39, 0.29) is 5.92 Å². The van der Waals surface area contributed by atoms with Crippen LogP contribution in [0.15, 0.2) is 53.4 Å². The van der Waals surface area contributed by atoms with E-state index < -0.39 is 6.10 Å². The normalized spacial score (nSPS) is 13.7.